The molecule has 0 saturated carbocycles. The van der Waals surface area contributed by atoms with Crippen LogP contribution in [0.2, 0.25) is 0 Å². The molecule has 4 atom stereocenters. The summed E-state index contributed by atoms with van der Waals surface area (Å²) in [6, 6.07) is 14.9. The molecule has 4 aromatic heterocycles. The highest BCUT2D eigenvalue weighted by Gasteiger charge is 2.39. The number of aryl methyl sites for hydroxylation is 2. The molecular formula is C42H40N10O6S2. The number of hydrogen-bond donors (Lipinski definition) is 6. The standard InChI is InChI=1S/C42H40N10O6S2/c1-21-29-34(60-37(47-29)25-19-43-35(45-25)27-15-9-17-51(27)39(53)31(49-41(55)56)23-11-5-3-6-12-23)22(2)30-33(21)59-38(48-30)26-20-44-36(46-26)28-16-10-18-52(28)40(54)32(50-42(57)58)24-13-7-4-8-14-24/h3-8,11-14,19-20,27-28,31-32,49-50H,9-10,15-18H2,1-2H3,(H,43,45)(H,44,46)(H,55,56)(H,57,58)/t27-,28?,31+,32?/m0/s1. The Labute approximate surface area is 350 Å². The maximum atomic E-state index is 13.8. The third-order valence-electron chi connectivity index (χ3n) is 11.3. The number of carboxylic acid groups (broad SMARTS) is 2. The molecular weight excluding hydrogens is 805 g/mol. The molecule has 16 nitrogen and oxygen atoms in total. The molecule has 306 valence electrons. The summed E-state index contributed by atoms with van der Waals surface area (Å²) in [6.45, 7) is 5.03. The Bertz CT molecular complexity index is 2520. The summed E-state index contributed by atoms with van der Waals surface area (Å²) in [5.41, 5.74) is 6.13. The van der Waals surface area contributed by atoms with Gasteiger partial charge in [0, 0.05) is 25.5 Å². The van der Waals surface area contributed by atoms with Crippen molar-refractivity contribution in [2.45, 2.75) is 63.7 Å². The van der Waals surface area contributed by atoms with Crippen LogP contribution < -0.4 is 10.6 Å². The van der Waals surface area contributed by atoms with Gasteiger partial charge in [0.05, 0.1) is 32.5 Å². The zero-order valence-corrected chi connectivity index (χ0v) is 34.1. The molecule has 2 unspecified atom stereocenters. The van der Waals surface area contributed by atoms with Gasteiger partial charge in [0.2, 0.25) is 0 Å². The first kappa shape index (κ1) is 38.8. The summed E-state index contributed by atoms with van der Waals surface area (Å²) in [5.74, 6) is 0.585. The minimum Gasteiger partial charge on any atom is -0.465 e. The third kappa shape index (κ3) is 7.10. The number of likely N-dealkylation sites (tertiary alicyclic amines) is 2. The van der Waals surface area contributed by atoms with Gasteiger partial charge in [-0.1, -0.05) is 60.7 Å². The van der Waals surface area contributed by atoms with Crippen LogP contribution in [-0.2, 0) is 9.59 Å². The zero-order chi connectivity index (χ0) is 41.7. The van der Waals surface area contributed by atoms with Crippen molar-refractivity contribution >= 4 is 67.1 Å². The highest BCUT2D eigenvalue weighted by Crippen LogP contribution is 2.43. The molecule has 0 bridgehead atoms. The number of amides is 4. The fourth-order valence-corrected chi connectivity index (χ4v) is 10.6. The molecule has 2 aliphatic rings. The third-order valence-corrected chi connectivity index (χ3v) is 13.7. The Morgan fingerprint density at radius 2 is 1.05 bits per heavy atom. The molecule has 2 aliphatic heterocycles. The highest BCUT2D eigenvalue weighted by molar-refractivity contribution is 7.23. The summed E-state index contributed by atoms with van der Waals surface area (Å²) in [6.07, 6.45) is 3.94. The lowest BCUT2D eigenvalue weighted by molar-refractivity contribution is -0.135. The number of carbonyl (C=O) groups is 4. The molecule has 4 amide bonds. The number of fused-ring (bicyclic) bond motifs is 2. The summed E-state index contributed by atoms with van der Waals surface area (Å²) >= 11 is 3.05. The monoisotopic (exact) mass is 844 g/mol. The number of carbonyl (C=O) groups excluding carboxylic acids is 2. The van der Waals surface area contributed by atoms with Gasteiger partial charge in [-0.25, -0.2) is 29.5 Å². The van der Waals surface area contributed by atoms with Crippen molar-refractivity contribution in [1.82, 2.24) is 50.3 Å². The van der Waals surface area contributed by atoms with Gasteiger partial charge in [0.1, 0.15) is 45.1 Å². The van der Waals surface area contributed by atoms with Crippen LogP contribution in [0, 0.1) is 13.8 Å². The Morgan fingerprint density at radius 1 is 0.650 bits per heavy atom. The van der Waals surface area contributed by atoms with Gasteiger partial charge in [0.25, 0.3) is 11.8 Å². The second-order valence-corrected chi connectivity index (χ2v) is 16.9. The lowest BCUT2D eigenvalue weighted by Crippen LogP contribution is -2.42. The van der Waals surface area contributed by atoms with Crippen molar-refractivity contribution in [3.05, 3.63) is 107 Å². The normalized spacial score (nSPS) is 17.6. The first-order chi connectivity index (χ1) is 29.0. The number of nitrogens with zero attached hydrogens (tertiary/aromatic N) is 6. The van der Waals surface area contributed by atoms with Crippen LogP contribution in [0.5, 0.6) is 0 Å². The molecule has 60 heavy (non-hydrogen) atoms. The lowest BCUT2D eigenvalue weighted by atomic mass is 10.1. The second kappa shape index (κ2) is 15.8. The first-order valence-electron chi connectivity index (χ1n) is 19.6. The quantitative estimate of drug-likeness (QED) is 0.0789. The SMILES string of the molecule is Cc1c2nc(-c3c[nH]c([C@@H]4CCCN4C(=O)[C@H](NC(=O)O)c4ccccc4)n3)sc2c(C)c2nc(-c3c[nH]c(C4CCCN4C(=O)C(NC(=O)O)c4ccccc4)n3)sc12. The maximum Gasteiger partial charge on any atom is 0.405 e. The number of aromatic nitrogens is 6. The van der Waals surface area contributed by atoms with Crippen molar-refractivity contribution < 1.29 is 29.4 Å². The fourth-order valence-electron chi connectivity index (χ4n) is 8.40. The Balaban J connectivity index is 0.957. The first-order valence-corrected chi connectivity index (χ1v) is 21.2. The van der Waals surface area contributed by atoms with Crippen LogP contribution in [0.4, 0.5) is 9.59 Å². The number of imidazole rings is 2. The van der Waals surface area contributed by atoms with Crippen molar-refractivity contribution in [2.75, 3.05) is 13.1 Å². The number of H-pyrrole nitrogens is 2. The average molecular weight is 845 g/mol. The lowest BCUT2D eigenvalue weighted by Gasteiger charge is -2.28. The van der Waals surface area contributed by atoms with E-state index in [9.17, 15) is 29.4 Å². The maximum absolute atomic E-state index is 13.8. The average Bonchev–Trinajstić information content (AvgIpc) is 4.10. The fraction of sp³-hybridized carbons (Fsp3) is 0.286. The molecule has 9 rings (SSSR count). The molecule has 0 aliphatic carbocycles. The summed E-state index contributed by atoms with van der Waals surface area (Å²) in [4.78, 5) is 81.0. The van der Waals surface area contributed by atoms with Crippen molar-refractivity contribution in [3.8, 4) is 21.4 Å². The minimum atomic E-state index is -1.27. The minimum absolute atomic E-state index is 0.327. The van der Waals surface area contributed by atoms with Crippen LogP contribution in [0.3, 0.4) is 0 Å². The van der Waals surface area contributed by atoms with E-state index < -0.39 is 24.3 Å². The Morgan fingerprint density at radius 3 is 1.43 bits per heavy atom. The van der Waals surface area contributed by atoms with E-state index in [-0.39, 0.29) is 23.9 Å². The van der Waals surface area contributed by atoms with E-state index in [1.807, 2.05) is 26.0 Å². The van der Waals surface area contributed by atoms with E-state index in [4.69, 9.17) is 19.9 Å². The van der Waals surface area contributed by atoms with E-state index in [2.05, 4.69) is 20.6 Å². The molecule has 2 fully saturated rings. The van der Waals surface area contributed by atoms with E-state index in [0.29, 0.717) is 60.1 Å². The Kier molecular flexibility index (Phi) is 10.2. The van der Waals surface area contributed by atoms with Gasteiger partial charge in [-0.05, 0) is 61.8 Å². The van der Waals surface area contributed by atoms with Crippen LogP contribution in [-0.4, -0.2) is 87.0 Å². The predicted molar refractivity (Wildman–Crippen MR) is 225 cm³/mol. The van der Waals surface area contributed by atoms with Gasteiger partial charge in [0.15, 0.2) is 0 Å². The largest absolute Gasteiger partial charge is 0.465 e. The van der Waals surface area contributed by atoms with Crippen molar-refractivity contribution in [3.63, 3.8) is 0 Å². The van der Waals surface area contributed by atoms with Crippen molar-refractivity contribution in [1.29, 1.82) is 0 Å². The molecule has 0 radical (unpaired) electrons. The van der Waals surface area contributed by atoms with Gasteiger partial charge < -0.3 is 40.6 Å². The van der Waals surface area contributed by atoms with E-state index in [0.717, 1.165) is 54.4 Å². The molecule has 6 N–H and O–H groups in total. The molecule has 0 spiro atoms. The highest BCUT2D eigenvalue weighted by atomic mass is 32.1. The number of thiazole rings is 2. The van der Waals surface area contributed by atoms with E-state index in [1.165, 1.54) is 22.7 Å². The van der Waals surface area contributed by atoms with Gasteiger partial charge in [-0.15, -0.1) is 22.7 Å². The summed E-state index contributed by atoms with van der Waals surface area (Å²) < 4.78 is 1.98. The van der Waals surface area contributed by atoms with E-state index >= 15 is 0 Å². The smallest absolute Gasteiger partial charge is 0.405 e. The summed E-state index contributed by atoms with van der Waals surface area (Å²) in [7, 11) is 0. The Hall–Kier alpha value is -6.66. The van der Waals surface area contributed by atoms with Crippen LogP contribution in [0.25, 0.3) is 41.8 Å². The number of rotatable bonds is 10. The molecule has 18 heteroatoms. The number of hydrogen-bond acceptors (Lipinski definition) is 10. The molecule has 7 aromatic rings. The molecule has 6 heterocycles. The van der Waals surface area contributed by atoms with E-state index in [1.54, 1.807) is 70.7 Å². The van der Waals surface area contributed by atoms with Gasteiger partial charge in [-0.2, -0.15) is 0 Å². The van der Waals surface area contributed by atoms with Crippen LogP contribution >= 0.6 is 22.7 Å². The van der Waals surface area contributed by atoms with Gasteiger partial charge >= 0.3 is 12.2 Å². The topological polar surface area (TPSA) is 222 Å². The zero-order valence-electron chi connectivity index (χ0n) is 32.5. The second-order valence-electron chi connectivity index (χ2n) is 15.0. The molecule has 2 saturated heterocycles. The number of aromatic amines is 2. The summed E-state index contributed by atoms with van der Waals surface area (Å²) in [5, 5.41) is 25.3. The number of nitrogens with one attached hydrogen (secondary N) is 4. The van der Waals surface area contributed by atoms with Crippen LogP contribution in [0.1, 0.15) is 83.8 Å². The van der Waals surface area contributed by atoms with Gasteiger partial charge in [-0.3, -0.25) is 9.59 Å². The molecule has 3 aromatic carbocycles. The number of benzene rings is 3. The van der Waals surface area contributed by atoms with Crippen LogP contribution in [0.15, 0.2) is 73.1 Å². The predicted octanol–water partition coefficient (Wildman–Crippen LogP) is 7.65. The van der Waals surface area contributed by atoms with Crippen molar-refractivity contribution in [2.24, 2.45) is 0 Å².